The zero-order valence-corrected chi connectivity index (χ0v) is 92.8. The van der Waals surface area contributed by atoms with Crippen molar-refractivity contribution in [3.8, 4) is 0 Å². The summed E-state index contributed by atoms with van der Waals surface area (Å²) < 4.78 is 91.1. The maximum Gasteiger partial charge on any atom is 1.00 e. The van der Waals surface area contributed by atoms with E-state index < -0.39 is 34.9 Å². The predicted molar refractivity (Wildman–Crippen MR) is 554 cm³/mol. The Morgan fingerprint density at radius 3 is 1.11 bits per heavy atom. The van der Waals surface area contributed by atoms with E-state index in [0.29, 0.717) is 48.5 Å². The molecule has 7 aliphatic rings. The number of carbonyl (C=O) groups is 3. The first-order chi connectivity index (χ1) is 56.5. The maximum absolute atomic E-state index is 12.3. The second-order valence-corrected chi connectivity index (χ2v) is 56.9. The van der Waals surface area contributed by atoms with Gasteiger partial charge in [0.05, 0.1) is 51.9 Å². The minimum absolute atomic E-state index is 0. The van der Waals surface area contributed by atoms with Gasteiger partial charge >= 0.3 is 63.3 Å². The summed E-state index contributed by atoms with van der Waals surface area (Å²) in [5, 5.41) is 28.6. The largest absolute Gasteiger partial charge is 1.00 e. The third-order valence-electron chi connectivity index (χ3n) is 25.8. The van der Waals surface area contributed by atoms with Gasteiger partial charge in [-0.3, -0.25) is 23.1 Å². The molecule has 7 aliphatic carbocycles. The average molecular weight is 2050 g/mol. The summed E-state index contributed by atoms with van der Waals surface area (Å²) >= 11 is 2.46. The van der Waals surface area contributed by atoms with E-state index in [-0.39, 0.29) is 138 Å². The Labute approximate surface area is 846 Å². The number of ketones is 1. The Morgan fingerprint density at radius 2 is 0.811 bits per heavy atom. The van der Waals surface area contributed by atoms with Crippen molar-refractivity contribution in [1.29, 1.82) is 0 Å². The van der Waals surface area contributed by atoms with E-state index in [2.05, 4.69) is 143 Å². The van der Waals surface area contributed by atoms with Crippen molar-refractivity contribution in [3.63, 3.8) is 0 Å². The number of aliphatic hydroxyl groups is 2. The van der Waals surface area contributed by atoms with Gasteiger partial charge in [-0.2, -0.15) is 24.0 Å². The molecule has 0 saturated heterocycles. The molecule has 127 heavy (non-hydrogen) atoms. The summed E-state index contributed by atoms with van der Waals surface area (Å²) in [4.78, 5) is 34.2. The second-order valence-electron chi connectivity index (χ2n) is 39.0. The van der Waals surface area contributed by atoms with Gasteiger partial charge in [-0.25, -0.2) is 8.42 Å². The van der Waals surface area contributed by atoms with Gasteiger partial charge < -0.3 is 24.8 Å². The molecule has 16 nitrogen and oxygen atoms in total. The van der Waals surface area contributed by atoms with E-state index in [1.807, 2.05) is 34.6 Å². The minimum atomic E-state index is -4.02. The number of esters is 2. The van der Waals surface area contributed by atoms with E-state index in [0.717, 1.165) is 157 Å². The molecule has 0 bridgehead atoms. The average Bonchev–Trinajstić information content (AvgIpc) is 0.816. The summed E-state index contributed by atoms with van der Waals surface area (Å²) in [6, 6.07) is 19.2. The Hall–Kier alpha value is -0.644. The number of ether oxygens (including phenoxy) is 2. The molecule has 0 atom stereocenters. The van der Waals surface area contributed by atoms with Crippen LogP contribution in [0.4, 0.5) is 0 Å². The van der Waals surface area contributed by atoms with Gasteiger partial charge in [0.15, 0.2) is 0 Å². The van der Waals surface area contributed by atoms with Crippen molar-refractivity contribution in [2.45, 2.75) is 420 Å². The Kier molecular flexibility index (Phi) is 78.8. The number of hydrogen-bond donors (Lipinski definition) is 3. The van der Waals surface area contributed by atoms with Crippen LogP contribution in [0.3, 0.4) is 0 Å². The fourth-order valence-electron chi connectivity index (χ4n) is 15.3. The van der Waals surface area contributed by atoms with Crippen molar-refractivity contribution in [1.82, 2.24) is 0 Å². The first-order valence-electron chi connectivity index (χ1n) is 46.4. The fourth-order valence-corrected chi connectivity index (χ4v) is 17.5. The van der Waals surface area contributed by atoms with Crippen LogP contribution in [0.5, 0.6) is 0 Å². The van der Waals surface area contributed by atoms with Crippen LogP contribution in [-0.2, 0) is 57.3 Å². The number of Topliss-reactive ketones (excluding diaryl/α,β-unsaturated/α-hetero) is 1. The van der Waals surface area contributed by atoms with Gasteiger partial charge in [-0.15, -0.1) is 14.2 Å². The second kappa shape index (κ2) is 71.8. The number of aliphatic hydroxyl groups excluding tert-OH is 2. The molecule has 746 valence electrons. The van der Waals surface area contributed by atoms with Crippen LogP contribution in [0.15, 0.2) is 87.5 Å². The number of halogens is 2. The summed E-state index contributed by atoms with van der Waals surface area (Å²) in [5.41, 5.74) is 3.68. The molecule has 0 amide bonds. The number of hydrogen-bond acceptors (Lipinski definition) is 15. The van der Waals surface area contributed by atoms with Crippen LogP contribution in [-0.4, -0.2) is 128 Å². The van der Waals surface area contributed by atoms with Gasteiger partial charge in [0.25, 0.3) is 29.3 Å². The standard InChI is InChI=1S/C17H26O3S.C12H22O2.C10H18O2.C10H20O.C10H20.C9H18O.C8H14O.C7H7ClO2S.C7H8O3S.C4H9O.C3H9IS.C2H7P.4CH4.K/c1-4-17(11-9-15(3)10-12-17)13-20-21(18,19)16-7-5-14(2)6-8-16;1-4-12(11(13)14-5-2)8-6-10(3)7-9-12;1-3-12-10(11)9-6-4-8(2)5-7-9;1-3-10(8-11)6-4-9(2)5-7-10;1-4-10(3)7-5-9(2)6-8-10;1-3-9(2)6-4-8(10)5-7-9;1-2-7-3-5-8(9)6-4-7;2*1-6-2-4-7(5-3-6)11(8,9)10;1-4(2,3)5;1-5(2,3)4;1-3-2;;;;;/h5-8,15H,4,9-13H2,1-3H3;10H,4-9H2,1-3H3;8-9H,3-7H2,1-2H3;9,11H,3-8H2,1-2H3;9H,4-8H2,1-3H3;8,10H,3-7H2,1-2H3;7H,2-6H2,1H3;2-5H,1H3;2-5H,1H3,(H,8,9,10);2*1-3H3;3H,1-2H3;4*1H4;/q;;;;;;;;;-1;;;;;;;+1. The number of benzene rings is 3. The normalized spacial score (nSPS) is 25.6. The van der Waals surface area contributed by atoms with E-state index >= 15 is 0 Å². The first-order valence-corrected chi connectivity index (χ1v) is 58.9. The van der Waals surface area contributed by atoms with Gasteiger partial charge in [-0.05, 0) is 329 Å². The summed E-state index contributed by atoms with van der Waals surface area (Å²) in [6.07, 6.45) is 46.4. The molecule has 0 heterocycles. The third kappa shape index (κ3) is 65.7. The molecule has 10 rings (SSSR count). The minimum Gasteiger partial charge on any atom is -0.850 e. The van der Waals surface area contributed by atoms with Gasteiger partial charge in [-0.1, -0.05) is 251 Å². The fraction of sp³-hybridized carbons (Fsp3) is 0.796. The molecule has 0 aliphatic heterocycles. The van der Waals surface area contributed by atoms with Crippen LogP contribution in [0.2, 0.25) is 0 Å². The molecular formula is C103H194ClIKO16PS4. The smallest absolute Gasteiger partial charge is 0.850 e. The summed E-state index contributed by atoms with van der Waals surface area (Å²) in [5.74, 6) is 5.79. The Morgan fingerprint density at radius 1 is 0.504 bits per heavy atom. The van der Waals surface area contributed by atoms with Gasteiger partial charge in [0.1, 0.15) is 5.78 Å². The quantitative estimate of drug-likeness (QED) is 0.0216. The van der Waals surface area contributed by atoms with Gasteiger partial charge in [0, 0.05) is 30.1 Å². The van der Waals surface area contributed by atoms with Crippen molar-refractivity contribution in [2.75, 3.05) is 58.5 Å². The van der Waals surface area contributed by atoms with E-state index in [1.54, 1.807) is 69.3 Å². The zero-order valence-electron chi connectivity index (χ0n) is 82.5. The molecule has 7 saturated carbocycles. The molecule has 24 heteroatoms. The third-order valence-corrected chi connectivity index (χ3v) is 29.3. The molecule has 0 unspecified atom stereocenters. The molecule has 0 spiro atoms. The monoisotopic (exact) mass is 2050 g/mol. The molecular weight excluding hydrogens is 1850 g/mol. The van der Waals surface area contributed by atoms with Gasteiger partial charge in [0.2, 0.25) is 0 Å². The Bertz CT molecular complexity index is 3440. The van der Waals surface area contributed by atoms with Crippen molar-refractivity contribution in [3.05, 3.63) is 89.5 Å². The summed E-state index contributed by atoms with van der Waals surface area (Å²) in [6.45, 7) is 49.8. The summed E-state index contributed by atoms with van der Waals surface area (Å²) in [7, 11) is -5.24. The Balaban J connectivity index is -0.000000252. The molecule has 3 aromatic rings. The van der Waals surface area contributed by atoms with E-state index in [4.69, 9.17) is 28.9 Å². The number of carbonyl (C=O) groups excluding carboxylic acids is 3. The number of aryl methyl sites for hydroxylation is 3. The van der Waals surface area contributed by atoms with Crippen LogP contribution < -0.4 is 56.5 Å². The first kappa shape index (κ1) is 139. The molecule has 0 aromatic heterocycles. The molecule has 3 N–H and O–H groups in total. The van der Waals surface area contributed by atoms with Crippen LogP contribution in [0, 0.1) is 89.3 Å². The van der Waals surface area contributed by atoms with Crippen LogP contribution in [0.1, 0.15) is 389 Å². The predicted octanol–water partition coefficient (Wildman–Crippen LogP) is 26.3. The number of rotatable bonds is 17. The van der Waals surface area contributed by atoms with Crippen molar-refractivity contribution in [2.24, 2.45) is 68.5 Å². The topological polar surface area (TPSA) is 265 Å². The SMILES string of the molecule is C.C.C.C.CC(C)(C)[O-].CCC1(C)CCC(C)CC1.CCC1(C)CCC(O)CC1.CCC1(CO)CCC(C)CC1.CCC1(COS(=O)(=O)c2ccc(C)cc2)CCC(C)CC1.CCC1CCC(=O)CC1.CCOC(=O)C1(CC)CCC(C)CC1.CCOC(=O)C1CCC(C)CC1.CPC.CS(C)(C)I.Cc1ccc(S(=O)(=O)Cl)cc1.Cc1ccc(S(=O)(=O)O)cc1.[K+]. The van der Waals surface area contributed by atoms with E-state index in [1.165, 1.54) is 146 Å². The van der Waals surface area contributed by atoms with Crippen molar-refractivity contribution >= 4 is 94.7 Å². The molecule has 3 aromatic carbocycles. The van der Waals surface area contributed by atoms with Crippen LogP contribution >= 0.6 is 47.7 Å². The van der Waals surface area contributed by atoms with Crippen LogP contribution in [0.25, 0.3) is 0 Å². The zero-order chi connectivity index (χ0) is 94.0. The molecule has 0 radical (unpaired) electrons. The maximum atomic E-state index is 12.3. The molecule has 7 fully saturated rings. The van der Waals surface area contributed by atoms with Crippen molar-refractivity contribution < 1.29 is 125 Å². The van der Waals surface area contributed by atoms with E-state index in [9.17, 15) is 55.0 Å².